The van der Waals surface area contributed by atoms with Crippen LogP contribution >= 0.6 is 11.6 Å². The summed E-state index contributed by atoms with van der Waals surface area (Å²) in [6.07, 6.45) is 11.0. The van der Waals surface area contributed by atoms with E-state index in [1.165, 1.54) is 5.69 Å². The van der Waals surface area contributed by atoms with E-state index in [1.54, 1.807) is 4.57 Å². The summed E-state index contributed by atoms with van der Waals surface area (Å²) in [6.45, 7) is 5.83. The van der Waals surface area contributed by atoms with E-state index >= 15 is 0 Å². The maximum Gasteiger partial charge on any atom is 0.198 e. The third-order valence-electron chi connectivity index (χ3n) is 7.96. The molecule has 2 bridgehead atoms. The Labute approximate surface area is 194 Å². The van der Waals surface area contributed by atoms with Crippen LogP contribution < -0.4 is 4.90 Å². The molecule has 1 aliphatic heterocycles. The summed E-state index contributed by atoms with van der Waals surface area (Å²) in [6, 6.07) is 8.09. The summed E-state index contributed by atoms with van der Waals surface area (Å²) in [7, 11) is 0. The lowest BCUT2D eigenvalue weighted by atomic mass is 9.56. The van der Waals surface area contributed by atoms with Crippen LogP contribution in [-0.2, 0) is 6.54 Å². The zero-order valence-corrected chi connectivity index (χ0v) is 19.0. The molecular formula is C26H30ClN3O2. The average Bonchev–Trinajstić information content (AvgIpc) is 3.03. The number of piperazine rings is 1. The van der Waals surface area contributed by atoms with Crippen molar-refractivity contribution in [2.75, 3.05) is 37.6 Å². The molecule has 2 aromatic rings. The molecule has 2 heterocycles. The van der Waals surface area contributed by atoms with Crippen molar-refractivity contribution < 1.29 is 10.2 Å². The van der Waals surface area contributed by atoms with Crippen LogP contribution in [0.5, 0.6) is 11.8 Å². The van der Waals surface area contributed by atoms with E-state index in [-0.39, 0.29) is 23.6 Å². The highest BCUT2D eigenvalue weighted by atomic mass is 35.5. The van der Waals surface area contributed by atoms with E-state index in [0.717, 1.165) is 61.7 Å². The molecule has 4 aliphatic carbocycles. The Morgan fingerprint density at radius 3 is 2.03 bits per heavy atom. The quantitative estimate of drug-likeness (QED) is 0.493. The van der Waals surface area contributed by atoms with Crippen molar-refractivity contribution in [3.05, 3.63) is 64.7 Å². The number of allylic oxidation sites excluding steroid dienone is 4. The molecule has 2 N–H and O–H groups in total. The largest absolute Gasteiger partial charge is 0.494 e. The van der Waals surface area contributed by atoms with E-state index in [9.17, 15) is 10.2 Å². The normalized spacial score (nSPS) is 28.0. The van der Waals surface area contributed by atoms with Gasteiger partial charge in [0.05, 0.1) is 0 Å². The monoisotopic (exact) mass is 451 g/mol. The molecule has 0 spiro atoms. The molecule has 4 atom stereocenters. The van der Waals surface area contributed by atoms with Gasteiger partial charge in [-0.05, 0) is 49.4 Å². The standard InChI is InChI=1S/C26H30ClN3O2/c27-17-4-3-5-18(16-17)29-14-12-28(13-15-29)10-1-2-11-30-25(31)23-21-8-9-22(24(23)26(30)32)20-7-6-19(20)21/h3-9,16,19-22,31-32H,1-2,10-15H2. The van der Waals surface area contributed by atoms with Crippen LogP contribution in [0.2, 0.25) is 5.02 Å². The first-order valence-electron chi connectivity index (χ1n) is 11.9. The Morgan fingerprint density at radius 1 is 0.812 bits per heavy atom. The van der Waals surface area contributed by atoms with Crippen molar-refractivity contribution in [3.63, 3.8) is 0 Å². The molecule has 1 aromatic carbocycles. The van der Waals surface area contributed by atoms with Crippen molar-refractivity contribution in [3.8, 4) is 11.8 Å². The molecule has 1 saturated heterocycles. The minimum atomic E-state index is 0.216. The Morgan fingerprint density at radius 2 is 1.44 bits per heavy atom. The number of halogens is 1. The number of hydrogen-bond donors (Lipinski definition) is 2. The maximum atomic E-state index is 10.9. The van der Waals surface area contributed by atoms with Gasteiger partial charge in [-0.1, -0.05) is 42.0 Å². The van der Waals surface area contributed by atoms with Crippen molar-refractivity contribution in [2.24, 2.45) is 11.8 Å². The third-order valence-corrected chi connectivity index (χ3v) is 8.19. The first-order valence-corrected chi connectivity index (χ1v) is 12.2. The SMILES string of the molecule is Oc1c2c(c(O)n1CCCCN1CCN(c3cccc(Cl)c3)CC1)C1C=CC2C2C=CC12. The average molecular weight is 452 g/mol. The van der Waals surface area contributed by atoms with Gasteiger partial charge in [0.2, 0.25) is 0 Å². The highest BCUT2D eigenvalue weighted by Gasteiger charge is 2.49. The summed E-state index contributed by atoms with van der Waals surface area (Å²) in [5.41, 5.74) is 3.14. The van der Waals surface area contributed by atoms with E-state index in [2.05, 4.69) is 40.2 Å². The molecule has 6 heteroatoms. The fraction of sp³-hybridized carbons (Fsp3) is 0.462. The van der Waals surface area contributed by atoms with Crippen LogP contribution in [-0.4, -0.2) is 52.4 Å². The van der Waals surface area contributed by atoms with Gasteiger partial charge in [0, 0.05) is 66.4 Å². The molecule has 7 rings (SSSR count). The van der Waals surface area contributed by atoms with Gasteiger partial charge in [0.25, 0.3) is 0 Å². The Balaban J connectivity index is 1.03. The van der Waals surface area contributed by atoms with Gasteiger partial charge in [0.15, 0.2) is 11.8 Å². The lowest BCUT2D eigenvalue weighted by Crippen LogP contribution is -2.46. The van der Waals surface area contributed by atoms with Gasteiger partial charge in [-0.15, -0.1) is 0 Å². The molecule has 5 nitrogen and oxygen atoms in total. The van der Waals surface area contributed by atoms with Crippen molar-refractivity contribution in [1.29, 1.82) is 0 Å². The number of benzene rings is 1. The van der Waals surface area contributed by atoms with Crippen LogP contribution in [0.3, 0.4) is 0 Å². The fourth-order valence-electron chi connectivity index (χ4n) is 6.17. The van der Waals surface area contributed by atoms with Crippen LogP contribution in [0.4, 0.5) is 5.69 Å². The number of aromatic hydroxyl groups is 2. The second kappa shape index (κ2) is 7.89. The predicted octanol–water partition coefficient (Wildman–Crippen LogP) is 4.71. The van der Waals surface area contributed by atoms with Gasteiger partial charge in [-0.2, -0.15) is 0 Å². The fourth-order valence-corrected chi connectivity index (χ4v) is 6.35. The Bertz CT molecular complexity index is 1040. The van der Waals surface area contributed by atoms with E-state index in [0.29, 0.717) is 18.4 Å². The topological polar surface area (TPSA) is 51.9 Å². The first kappa shape index (κ1) is 20.3. The summed E-state index contributed by atoms with van der Waals surface area (Å²) < 4.78 is 1.75. The first-order chi connectivity index (χ1) is 15.6. The van der Waals surface area contributed by atoms with E-state index in [1.807, 2.05) is 18.2 Å². The van der Waals surface area contributed by atoms with Crippen LogP contribution in [0, 0.1) is 11.8 Å². The van der Waals surface area contributed by atoms with Crippen molar-refractivity contribution in [2.45, 2.75) is 31.2 Å². The smallest absolute Gasteiger partial charge is 0.198 e. The number of anilines is 1. The van der Waals surface area contributed by atoms with Crippen molar-refractivity contribution >= 4 is 17.3 Å². The van der Waals surface area contributed by atoms with Gasteiger partial charge >= 0.3 is 0 Å². The van der Waals surface area contributed by atoms with E-state index in [4.69, 9.17) is 11.6 Å². The summed E-state index contributed by atoms with van der Waals surface area (Å²) in [5, 5.41) is 22.6. The minimum absolute atomic E-state index is 0.216. The lowest BCUT2D eigenvalue weighted by molar-refractivity contribution is 0.249. The zero-order valence-electron chi connectivity index (χ0n) is 18.2. The molecule has 4 unspecified atom stereocenters. The molecular weight excluding hydrogens is 422 g/mol. The van der Waals surface area contributed by atoms with Gasteiger partial charge < -0.3 is 15.1 Å². The van der Waals surface area contributed by atoms with Gasteiger partial charge in [-0.25, -0.2) is 0 Å². The molecule has 1 fully saturated rings. The van der Waals surface area contributed by atoms with Crippen LogP contribution in [0.25, 0.3) is 0 Å². The highest BCUT2D eigenvalue weighted by molar-refractivity contribution is 6.30. The molecule has 0 radical (unpaired) electrons. The predicted molar refractivity (Wildman–Crippen MR) is 128 cm³/mol. The van der Waals surface area contributed by atoms with E-state index < -0.39 is 0 Å². The molecule has 5 aliphatic rings. The third kappa shape index (κ3) is 3.17. The lowest BCUT2D eigenvalue weighted by Gasteiger charge is -2.47. The Hall–Kier alpha value is -2.37. The minimum Gasteiger partial charge on any atom is -0.494 e. The summed E-state index contributed by atoms with van der Waals surface area (Å²) in [4.78, 5) is 4.90. The molecule has 0 saturated carbocycles. The molecule has 0 amide bonds. The maximum absolute atomic E-state index is 10.9. The second-order valence-electron chi connectivity index (χ2n) is 9.62. The number of unbranched alkanes of at least 4 members (excludes halogenated alkanes) is 1. The number of rotatable bonds is 6. The van der Waals surface area contributed by atoms with Gasteiger partial charge in [-0.3, -0.25) is 9.47 Å². The molecule has 32 heavy (non-hydrogen) atoms. The number of hydrogen-bond acceptors (Lipinski definition) is 4. The molecule has 1 aromatic heterocycles. The van der Waals surface area contributed by atoms with Gasteiger partial charge in [0.1, 0.15) is 0 Å². The summed E-state index contributed by atoms with van der Waals surface area (Å²) in [5.74, 6) is 1.98. The number of aromatic nitrogens is 1. The summed E-state index contributed by atoms with van der Waals surface area (Å²) >= 11 is 6.14. The molecule has 168 valence electrons. The Kier molecular flexibility index (Phi) is 4.99. The van der Waals surface area contributed by atoms with Crippen molar-refractivity contribution in [1.82, 2.24) is 9.47 Å². The van der Waals surface area contributed by atoms with Crippen LogP contribution in [0.15, 0.2) is 48.6 Å². The number of nitrogens with zero attached hydrogens (tertiary/aromatic N) is 3. The zero-order chi connectivity index (χ0) is 21.8. The highest BCUT2D eigenvalue weighted by Crippen LogP contribution is 2.61. The second-order valence-corrected chi connectivity index (χ2v) is 10.1. The van der Waals surface area contributed by atoms with Crippen LogP contribution in [0.1, 0.15) is 35.8 Å².